The van der Waals surface area contributed by atoms with Crippen LogP contribution in [0.3, 0.4) is 0 Å². The van der Waals surface area contributed by atoms with Crippen molar-refractivity contribution in [1.29, 1.82) is 0 Å². The highest BCUT2D eigenvalue weighted by atomic mass is 14.9. The molecule has 1 nitrogen and oxygen atoms in total. The predicted octanol–water partition coefficient (Wildman–Crippen LogP) is 4.67. The third-order valence-electron chi connectivity index (χ3n) is 3.66. The third kappa shape index (κ3) is 2.19. The summed E-state index contributed by atoms with van der Waals surface area (Å²) in [5.74, 6) is 0. The van der Waals surface area contributed by atoms with Crippen molar-refractivity contribution < 1.29 is 0 Å². The minimum atomic E-state index is 1.26. The average molecular weight is 247 g/mol. The number of nitrogens with zero attached hydrogens (tertiary/aromatic N) is 1. The lowest BCUT2D eigenvalue weighted by molar-refractivity contribution is 0.883. The zero-order valence-electron chi connectivity index (χ0n) is 11.3. The number of aryl methyl sites for hydroxylation is 1. The van der Waals surface area contributed by atoms with E-state index in [1.807, 2.05) is 0 Å². The molecule has 0 radical (unpaired) electrons. The van der Waals surface area contributed by atoms with Crippen LogP contribution in [0.1, 0.15) is 5.69 Å². The van der Waals surface area contributed by atoms with E-state index in [0.29, 0.717) is 0 Å². The monoisotopic (exact) mass is 247 g/mol. The molecule has 0 N–H and O–H groups in total. The molecule has 0 fully saturated rings. The van der Waals surface area contributed by atoms with Crippen molar-refractivity contribution in [1.82, 2.24) is 4.57 Å². The third-order valence-corrected chi connectivity index (χ3v) is 3.66. The van der Waals surface area contributed by atoms with Crippen molar-refractivity contribution in [2.45, 2.75) is 6.92 Å². The van der Waals surface area contributed by atoms with Crippen molar-refractivity contribution >= 4 is 0 Å². The molecule has 0 amide bonds. The Balaban J connectivity index is 2.08. The first-order valence-electron chi connectivity index (χ1n) is 6.53. The van der Waals surface area contributed by atoms with Crippen LogP contribution in [0.15, 0.2) is 66.9 Å². The highest BCUT2D eigenvalue weighted by Gasteiger charge is 2.06. The molecule has 94 valence electrons. The van der Waals surface area contributed by atoms with Crippen molar-refractivity contribution in [3.8, 4) is 22.3 Å². The highest BCUT2D eigenvalue weighted by molar-refractivity contribution is 5.74. The summed E-state index contributed by atoms with van der Waals surface area (Å²) in [7, 11) is 2.08. The maximum Gasteiger partial charge on any atom is 0.0219 e. The second-order valence-electron chi connectivity index (χ2n) is 4.87. The second-order valence-corrected chi connectivity index (χ2v) is 4.87. The van der Waals surface area contributed by atoms with Crippen molar-refractivity contribution in [2.75, 3.05) is 0 Å². The van der Waals surface area contributed by atoms with Gasteiger partial charge in [-0.05, 0) is 35.7 Å². The van der Waals surface area contributed by atoms with Crippen LogP contribution < -0.4 is 0 Å². The molecule has 1 aromatic heterocycles. The Hall–Kier alpha value is -2.28. The van der Waals surface area contributed by atoms with Crippen LogP contribution in [0.2, 0.25) is 0 Å². The molecular weight excluding hydrogens is 230 g/mol. The molecule has 3 rings (SSSR count). The molecule has 1 heteroatoms. The lowest BCUT2D eigenvalue weighted by Gasteiger charge is -2.06. The van der Waals surface area contributed by atoms with Gasteiger partial charge in [-0.25, -0.2) is 0 Å². The fraction of sp³-hybridized carbons (Fsp3) is 0.111. The highest BCUT2D eigenvalue weighted by Crippen LogP contribution is 2.28. The Morgan fingerprint density at radius 3 is 2.11 bits per heavy atom. The first-order valence-corrected chi connectivity index (χ1v) is 6.53. The topological polar surface area (TPSA) is 4.93 Å². The zero-order chi connectivity index (χ0) is 13.2. The first kappa shape index (κ1) is 11.8. The van der Waals surface area contributed by atoms with Gasteiger partial charge in [0.25, 0.3) is 0 Å². The van der Waals surface area contributed by atoms with Gasteiger partial charge in [0.15, 0.2) is 0 Å². The molecule has 0 atom stereocenters. The SMILES string of the molecule is Cc1c(-c2cccc(-c3ccccc3)c2)ccn1C. The van der Waals surface area contributed by atoms with E-state index < -0.39 is 0 Å². The van der Waals surface area contributed by atoms with E-state index in [4.69, 9.17) is 0 Å². The van der Waals surface area contributed by atoms with Crippen LogP contribution >= 0.6 is 0 Å². The molecule has 0 aliphatic heterocycles. The number of rotatable bonds is 2. The van der Waals surface area contributed by atoms with E-state index in [2.05, 4.69) is 85.4 Å². The Morgan fingerprint density at radius 2 is 1.42 bits per heavy atom. The molecule has 0 saturated carbocycles. The molecule has 2 aromatic carbocycles. The molecule has 0 aliphatic rings. The summed E-state index contributed by atoms with van der Waals surface area (Å²) in [4.78, 5) is 0. The van der Waals surface area contributed by atoms with Gasteiger partial charge < -0.3 is 4.57 Å². The van der Waals surface area contributed by atoms with Gasteiger partial charge in [-0.1, -0.05) is 48.5 Å². The van der Waals surface area contributed by atoms with Gasteiger partial charge in [-0.3, -0.25) is 0 Å². The summed E-state index contributed by atoms with van der Waals surface area (Å²) in [6.07, 6.45) is 2.11. The van der Waals surface area contributed by atoms with Gasteiger partial charge >= 0.3 is 0 Å². The molecule has 0 spiro atoms. The average Bonchev–Trinajstić information content (AvgIpc) is 2.80. The predicted molar refractivity (Wildman–Crippen MR) is 81.0 cm³/mol. The minimum absolute atomic E-state index is 1.26. The number of hydrogen-bond donors (Lipinski definition) is 0. The largest absolute Gasteiger partial charge is 0.354 e. The van der Waals surface area contributed by atoms with Crippen LogP contribution in [0.25, 0.3) is 22.3 Å². The van der Waals surface area contributed by atoms with E-state index in [0.717, 1.165) is 0 Å². The zero-order valence-corrected chi connectivity index (χ0v) is 11.3. The molecular formula is C18H17N. The summed E-state index contributed by atoms with van der Waals surface area (Å²) in [5, 5.41) is 0. The van der Waals surface area contributed by atoms with Gasteiger partial charge in [0.2, 0.25) is 0 Å². The Morgan fingerprint density at radius 1 is 0.737 bits per heavy atom. The van der Waals surface area contributed by atoms with Gasteiger partial charge in [0.05, 0.1) is 0 Å². The summed E-state index contributed by atoms with van der Waals surface area (Å²) in [5.41, 5.74) is 6.41. The Labute approximate surface area is 114 Å². The normalized spacial score (nSPS) is 10.6. The molecule has 19 heavy (non-hydrogen) atoms. The van der Waals surface area contributed by atoms with Crippen LogP contribution in [0, 0.1) is 6.92 Å². The van der Waals surface area contributed by atoms with Gasteiger partial charge in [0, 0.05) is 24.5 Å². The van der Waals surface area contributed by atoms with E-state index in [9.17, 15) is 0 Å². The first-order chi connectivity index (χ1) is 9.25. The molecule has 0 aliphatic carbocycles. The number of hydrogen-bond acceptors (Lipinski definition) is 0. The van der Waals surface area contributed by atoms with Crippen molar-refractivity contribution in [2.24, 2.45) is 7.05 Å². The van der Waals surface area contributed by atoms with Crippen LogP contribution in [0.5, 0.6) is 0 Å². The standard InChI is InChI=1S/C18H17N/c1-14-18(11-12-19(14)2)17-10-6-9-16(13-17)15-7-4-3-5-8-15/h3-13H,1-2H3. The van der Waals surface area contributed by atoms with E-state index in [-0.39, 0.29) is 0 Å². The lowest BCUT2D eigenvalue weighted by Crippen LogP contribution is -1.89. The maximum atomic E-state index is 2.26. The number of aromatic nitrogens is 1. The van der Waals surface area contributed by atoms with Crippen molar-refractivity contribution in [3.05, 3.63) is 72.6 Å². The maximum absolute atomic E-state index is 2.26. The second kappa shape index (κ2) is 4.77. The smallest absolute Gasteiger partial charge is 0.0219 e. The van der Waals surface area contributed by atoms with Crippen LogP contribution in [-0.4, -0.2) is 4.57 Å². The van der Waals surface area contributed by atoms with Gasteiger partial charge in [0.1, 0.15) is 0 Å². The fourth-order valence-electron chi connectivity index (χ4n) is 2.41. The molecule has 0 saturated heterocycles. The summed E-state index contributed by atoms with van der Waals surface area (Å²) in [6, 6.07) is 21.4. The van der Waals surface area contributed by atoms with Gasteiger partial charge in [-0.2, -0.15) is 0 Å². The van der Waals surface area contributed by atoms with E-state index in [1.54, 1.807) is 0 Å². The van der Waals surface area contributed by atoms with E-state index in [1.165, 1.54) is 27.9 Å². The summed E-state index contributed by atoms with van der Waals surface area (Å²) < 4.78 is 2.16. The van der Waals surface area contributed by atoms with E-state index >= 15 is 0 Å². The fourth-order valence-corrected chi connectivity index (χ4v) is 2.41. The Bertz CT molecular complexity index is 693. The molecule has 1 heterocycles. The number of benzene rings is 2. The minimum Gasteiger partial charge on any atom is -0.354 e. The summed E-state index contributed by atoms with van der Waals surface area (Å²) in [6.45, 7) is 2.16. The molecule has 3 aromatic rings. The molecule has 0 unspecified atom stereocenters. The van der Waals surface area contributed by atoms with Gasteiger partial charge in [-0.15, -0.1) is 0 Å². The summed E-state index contributed by atoms with van der Waals surface area (Å²) >= 11 is 0. The lowest BCUT2D eigenvalue weighted by atomic mass is 9.99. The van der Waals surface area contributed by atoms with Crippen LogP contribution in [0.4, 0.5) is 0 Å². The Kier molecular flexibility index (Phi) is 2.96. The molecule has 0 bridgehead atoms. The van der Waals surface area contributed by atoms with Crippen LogP contribution in [-0.2, 0) is 7.05 Å². The quantitative estimate of drug-likeness (QED) is 0.620. The van der Waals surface area contributed by atoms with Crippen molar-refractivity contribution in [3.63, 3.8) is 0 Å².